The van der Waals surface area contributed by atoms with Crippen molar-refractivity contribution in [2.45, 2.75) is 25.9 Å². The summed E-state index contributed by atoms with van der Waals surface area (Å²) in [5, 5.41) is 5.75. The molecule has 2 aliphatic heterocycles. The van der Waals surface area contributed by atoms with Crippen molar-refractivity contribution in [2.75, 3.05) is 44.3 Å². The maximum Gasteiger partial charge on any atom is 0.318 e. The van der Waals surface area contributed by atoms with Crippen molar-refractivity contribution in [3.8, 4) is 0 Å². The van der Waals surface area contributed by atoms with Crippen molar-refractivity contribution in [3.63, 3.8) is 0 Å². The van der Waals surface area contributed by atoms with E-state index in [-0.39, 0.29) is 18.0 Å². The standard InChI is InChI=1S/C18H26N4O3/c1-13(20-18(24)22-8-7-19-17(23)14(22)2)15-3-5-16(6-4-15)21-9-11-25-12-10-21/h3-6,13-14H,7-12H2,1-2H3,(H,19,23)(H,20,24)/t13-,14-/m0/s1. The van der Waals surface area contributed by atoms with Crippen LogP contribution >= 0.6 is 0 Å². The summed E-state index contributed by atoms with van der Waals surface area (Å²) in [7, 11) is 0. The molecule has 0 spiro atoms. The van der Waals surface area contributed by atoms with Gasteiger partial charge in [-0.05, 0) is 31.5 Å². The van der Waals surface area contributed by atoms with Crippen molar-refractivity contribution in [1.29, 1.82) is 0 Å². The second kappa shape index (κ2) is 7.74. The van der Waals surface area contributed by atoms with Crippen LogP contribution in [0, 0.1) is 0 Å². The Balaban J connectivity index is 1.59. The number of rotatable bonds is 3. The third kappa shape index (κ3) is 4.04. The largest absolute Gasteiger partial charge is 0.378 e. The summed E-state index contributed by atoms with van der Waals surface area (Å²) in [5.74, 6) is -0.107. The number of nitrogens with one attached hydrogen (secondary N) is 2. The smallest absolute Gasteiger partial charge is 0.318 e. The molecule has 2 heterocycles. The highest BCUT2D eigenvalue weighted by molar-refractivity contribution is 5.88. The summed E-state index contributed by atoms with van der Waals surface area (Å²) < 4.78 is 5.38. The molecule has 25 heavy (non-hydrogen) atoms. The van der Waals surface area contributed by atoms with Gasteiger partial charge in [0.25, 0.3) is 0 Å². The summed E-state index contributed by atoms with van der Waals surface area (Å²) >= 11 is 0. The number of ether oxygens (including phenoxy) is 1. The second-order valence-electron chi connectivity index (χ2n) is 6.52. The van der Waals surface area contributed by atoms with Gasteiger partial charge in [-0.3, -0.25) is 4.79 Å². The minimum absolute atomic E-state index is 0.107. The molecule has 0 saturated carbocycles. The van der Waals surface area contributed by atoms with Crippen LogP contribution in [0.5, 0.6) is 0 Å². The normalized spacial score (nSPS) is 22.3. The Morgan fingerprint density at radius 1 is 1.24 bits per heavy atom. The van der Waals surface area contributed by atoms with Crippen molar-refractivity contribution in [3.05, 3.63) is 29.8 Å². The van der Waals surface area contributed by atoms with Crippen LogP contribution in [0.4, 0.5) is 10.5 Å². The molecule has 3 amide bonds. The SMILES string of the molecule is C[C@H](NC(=O)N1CCNC(=O)[C@@H]1C)c1ccc(N2CCOCC2)cc1. The van der Waals surface area contributed by atoms with Crippen molar-refractivity contribution in [2.24, 2.45) is 0 Å². The minimum atomic E-state index is -0.440. The lowest BCUT2D eigenvalue weighted by Crippen LogP contribution is -2.58. The number of morpholine rings is 1. The quantitative estimate of drug-likeness (QED) is 0.860. The Morgan fingerprint density at radius 2 is 1.92 bits per heavy atom. The lowest BCUT2D eigenvalue weighted by atomic mass is 10.1. The molecule has 136 valence electrons. The number of anilines is 1. The molecular weight excluding hydrogens is 320 g/mol. The first-order valence-corrected chi connectivity index (χ1v) is 8.84. The third-order valence-corrected chi connectivity index (χ3v) is 4.87. The van der Waals surface area contributed by atoms with E-state index in [2.05, 4.69) is 27.7 Å². The van der Waals surface area contributed by atoms with Gasteiger partial charge in [-0.15, -0.1) is 0 Å². The average Bonchev–Trinajstić information content (AvgIpc) is 2.64. The van der Waals surface area contributed by atoms with Crippen LogP contribution in [0.2, 0.25) is 0 Å². The first-order valence-electron chi connectivity index (χ1n) is 8.84. The van der Waals surface area contributed by atoms with Gasteiger partial charge in [0.2, 0.25) is 5.91 Å². The molecule has 0 radical (unpaired) electrons. The summed E-state index contributed by atoms with van der Waals surface area (Å²) in [5.41, 5.74) is 2.21. The van der Waals surface area contributed by atoms with E-state index in [1.165, 1.54) is 5.69 Å². The number of hydrogen-bond donors (Lipinski definition) is 2. The number of carbonyl (C=O) groups is 2. The number of hydrogen-bond acceptors (Lipinski definition) is 4. The minimum Gasteiger partial charge on any atom is -0.378 e. The highest BCUT2D eigenvalue weighted by Crippen LogP contribution is 2.20. The highest BCUT2D eigenvalue weighted by Gasteiger charge is 2.29. The first-order chi connectivity index (χ1) is 12.1. The Hall–Kier alpha value is -2.28. The third-order valence-electron chi connectivity index (χ3n) is 4.87. The van der Waals surface area contributed by atoms with E-state index in [0.29, 0.717) is 13.1 Å². The molecule has 0 bridgehead atoms. The Bertz CT molecular complexity index is 613. The maximum atomic E-state index is 12.5. The molecule has 7 heteroatoms. The monoisotopic (exact) mass is 346 g/mol. The fourth-order valence-electron chi connectivity index (χ4n) is 3.21. The van der Waals surface area contributed by atoms with Crippen molar-refractivity contribution in [1.82, 2.24) is 15.5 Å². The lowest BCUT2D eigenvalue weighted by molar-refractivity contribution is -0.126. The molecule has 1 aromatic rings. The number of nitrogens with zero attached hydrogens (tertiary/aromatic N) is 2. The number of urea groups is 1. The van der Waals surface area contributed by atoms with Gasteiger partial charge in [0, 0.05) is 31.9 Å². The summed E-state index contributed by atoms with van der Waals surface area (Å²) in [6.07, 6.45) is 0. The fourth-order valence-corrected chi connectivity index (χ4v) is 3.21. The molecule has 0 aliphatic carbocycles. The van der Waals surface area contributed by atoms with E-state index in [9.17, 15) is 9.59 Å². The van der Waals surface area contributed by atoms with Crippen LogP contribution in [0.15, 0.2) is 24.3 Å². The zero-order chi connectivity index (χ0) is 17.8. The van der Waals surface area contributed by atoms with Gasteiger partial charge in [0.05, 0.1) is 19.3 Å². The number of piperazine rings is 1. The van der Waals surface area contributed by atoms with Crippen LogP contribution in [-0.4, -0.2) is 62.3 Å². The van der Waals surface area contributed by atoms with Crippen LogP contribution in [0.25, 0.3) is 0 Å². The van der Waals surface area contributed by atoms with E-state index in [1.54, 1.807) is 11.8 Å². The number of carbonyl (C=O) groups excluding carboxylic acids is 2. The Labute approximate surface area is 148 Å². The number of benzene rings is 1. The second-order valence-corrected chi connectivity index (χ2v) is 6.52. The average molecular weight is 346 g/mol. The van der Waals surface area contributed by atoms with Crippen molar-refractivity contribution >= 4 is 17.6 Å². The van der Waals surface area contributed by atoms with Crippen LogP contribution in [0.3, 0.4) is 0 Å². The molecule has 0 aromatic heterocycles. The fraction of sp³-hybridized carbons (Fsp3) is 0.556. The van der Waals surface area contributed by atoms with Gasteiger partial charge in [-0.2, -0.15) is 0 Å². The van der Waals surface area contributed by atoms with E-state index in [0.717, 1.165) is 31.9 Å². The zero-order valence-electron chi connectivity index (χ0n) is 14.8. The van der Waals surface area contributed by atoms with Crippen molar-refractivity contribution < 1.29 is 14.3 Å². The molecule has 1 aromatic carbocycles. The van der Waals surface area contributed by atoms with Crippen LogP contribution < -0.4 is 15.5 Å². The van der Waals surface area contributed by atoms with Gasteiger partial charge in [0.1, 0.15) is 6.04 Å². The Morgan fingerprint density at radius 3 is 2.60 bits per heavy atom. The summed E-state index contributed by atoms with van der Waals surface area (Å²) in [6.45, 7) is 8.06. The molecule has 2 atom stereocenters. The molecule has 2 N–H and O–H groups in total. The predicted octanol–water partition coefficient (Wildman–Crippen LogP) is 1.11. The molecule has 2 fully saturated rings. The van der Waals surface area contributed by atoms with Crippen LogP contribution in [-0.2, 0) is 9.53 Å². The first kappa shape index (κ1) is 17.5. The van der Waals surface area contributed by atoms with Gasteiger partial charge in [0.15, 0.2) is 0 Å². The van der Waals surface area contributed by atoms with Gasteiger partial charge < -0.3 is 25.2 Å². The van der Waals surface area contributed by atoms with E-state index in [1.807, 2.05) is 19.1 Å². The molecule has 7 nitrogen and oxygen atoms in total. The summed E-state index contributed by atoms with van der Waals surface area (Å²) in [6, 6.07) is 7.49. The Kier molecular flexibility index (Phi) is 5.43. The predicted molar refractivity (Wildman–Crippen MR) is 95.6 cm³/mol. The van der Waals surface area contributed by atoms with E-state index >= 15 is 0 Å². The zero-order valence-corrected chi connectivity index (χ0v) is 14.8. The molecule has 2 saturated heterocycles. The molecule has 3 rings (SSSR count). The number of amides is 3. The molecular formula is C18H26N4O3. The van der Waals surface area contributed by atoms with Crippen LogP contribution in [0.1, 0.15) is 25.5 Å². The summed E-state index contributed by atoms with van der Waals surface area (Å²) in [4.78, 5) is 28.0. The topological polar surface area (TPSA) is 73.9 Å². The van der Waals surface area contributed by atoms with Gasteiger partial charge in [-0.25, -0.2) is 4.79 Å². The van der Waals surface area contributed by atoms with E-state index < -0.39 is 6.04 Å². The molecule has 0 unspecified atom stereocenters. The lowest BCUT2D eigenvalue weighted by Gasteiger charge is -2.33. The maximum absolute atomic E-state index is 12.5. The van der Waals surface area contributed by atoms with Gasteiger partial charge >= 0.3 is 6.03 Å². The molecule has 2 aliphatic rings. The van der Waals surface area contributed by atoms with Gasteiger partial charge in [-0.1, -0.05) is 12.1 Å². The highest BCUT2D eigenvalue weighted by atomic mass is 16.5. The van der Waals surface area contributed by atoms with E-state index in [4.69, 9.17) is 4.74 Å².